The number of amides is 2. The molecule has 1 saturated heterocycles. The van der Waals surface area contributed by atoms with Crippen molar-refractivity contribution in [2.75, 3.05) is 25.6 Å². The third-order valence-electron chi connectivity index (χ3n) is 7.90. The fourth-order valence-corrected chi connectivity index (χ4v) is 6.26. The Morgan fingerprint density at radius 1 is 1.11 bits per heavy atom. The molecular formula is C28H32N4O3. The van der Waals surface area contributed by atoms with Gasteiger partial charge in [0.15, 0.2) is 0 Å². The Hall–Kier alpha value is -3.37. The van der Waals surface area contributed by atoms with Crippen molar-refractivity contribution < 1.29 is 14.3 Å². The predicted molar refractivity (Wildman–Crippen MR) is 133 cm³/mol. The molecule has 35 heavy (non-hydrogen) atoms. The standard InChI is InChI=1S/C28H32N4O3/c1-35-17-25-21-14-15-32(26(21)20-10-4-6-12-23(20)30-25)28(34)22-11-5-7-13-24(22)31-27(33)19-9-3-2-8-18(19)16-29/h2-4,6,8-10,12,21-22,24-26,30H,5,7,11,13-15,17H2,1H3,(H,31,33)/t21-,22+,24-,25+,26+/m1/s1. The van der Waals surface area contributed by atoms with Gasteiger partial charge in [0.1, 0.15) is 0 Å². The molecule has 7 nitrogen and oxygen atoms in total. The quantitative estimate of drug-likeness (QED) is 0.689. The van der Waals surface area contributed by atoms with Crippen molar-refractivity contribution in [3.05, 3.63) is 65.2 Å². The average Bonchev–Trinajstić information content (AvgIpc) is 3.35. The van der Waals surface area contributed by atoms with Gasteiger partial charge in [0.2, 0.25) is 5.91 Å². The van der Waals surface area contributed by atoms with Gasteiger partial charge < -0.3 is 20.3 Å². The number of anilines is 1. The van der Waals surface area contributed by atoms with E-state index in [-0.39, 0.29) is 41.8 Å². The number of carbonyl (C=O) groups is 2. The highest BCUT2D eigenvalue weighted by Crippen LogP contribution is 2.47. The molecule has 182 valence electrons. The molecule has 7 heteroatoms. The molecule has 3 aliphatic rings. The summed E-state index contributed by atoms with van der Waals surface area (Å²) in [4.78, 5) is 29.2. The van der Waals surface area contributed by atoms with Crippen LogP contribution >= 0.6 is 0 Å². The van der Waals surface area contributed by atoms with E-state index in [2.05, 4.69) is 33.7 Å². The lowest BCUT2D eigenvalue weighted by molar-refractivity contribution is -0.139. The Morgan fingerprint density at radius 2 is 1.89 bits per heavy atom. The van der Waals surface area contributed by atoms with E-state index in [1.165, 1.54) is 0 Å². The van der Waals surface area contributed by atoms with Crippen LogP contribution in [0.3, 0.4) is 0 Å². The van der Waals surface area contributed by atoms with Gasteiger partial charge in [0.25, 0.3) is 5.91 Å². The van der Waals surface area contributed by atoms with Crippen LogP contribution in [0.1, 0.15) is 59.6 Å². The molecule has 0 spiro atoms. The summed E-state index contributed by atoms with van der Waals surface area (Å²) in [6, 6.07) is 17.1. The van der Waals surface area contributed by atoms with Crippen molar-refractivity contribution in [1.29, 1.82) is 5.26 Å². The van der Waals surface area contributed by atoms with Gasteiger partial charge in [0.05, 0.1) is 41.8 Å². The topological polar surface area (TPSA) is 94.5 Å². The van der Waals surface area contributed by atoms with Crippen molar-refractivity contribution >= 4 is 17.5 Å². The van der Waals surface area contributed by atoms with E-state index >= 15 is 0 Å². The van der Waals surface area contributed by atoms with Gasteiger partial charge in [-0.2, -0.15) is 5.26 Å². The number of fused-ring (bicyclic) bond motifs is 3. The van der Waals surface area contributed by atoms with Gasteiger partial charge in [-0.25, -0.2) is 0 Å². The number of carbonyl (C=O) groups excluding carboxylic acids is 2. The largest absolute Gasteiger partial charge is 0.383 e. The number of hydrogen-bond donors (Lipinski definition) is 2. The zero-order chi connectivity index (χ0) is 24.4. The van der Waals surface area contributed by atoms with Crippen LogP contribution in [0, 0.1) is 23.2 Å². The van der Waals surface area contributed by atoms with Crippen molar-refractivity contribution in [2.24, 2.45) is 11.8 Å². The zero-order valence-electron chi connectivity index (χ0n) is 20.1. The van der Waals surface area contributed by atoms with Crippen LogP contribution in [0.5, 0.6) is 0 Å². The number of ether oxygens (including phenoxy) is 1. The lowest BCUT2D eigenvalue weighted by atomic mass is 9.81. The van der Waals surface area contributed by atoms with Crippen LogP contribution in [0.4, 0.5) is 5.69 Å². The summed E-state index contributed by atoms with van der Waals surface area (Å²) < 4.78 is 5.50. The monoisotopic (exact) mass is 472 g/mol. The molecule has 0 unspecified atom stereocenters. The molecule has 1 aliphatic carbocycles. The SMILES string of the molecule is COC[C@@H]1Nc2ccccc2[C@H]2[C@@H]1CCN2C(=O)[C@H]1CCCC[C@H]1NC(=O)c1ccccc1C#N. The van der Waals surface area contributed by atoms with Crippen LogP contribution in [0.15, 0.2) is 48.5 Å². The van der Waals surface area contributed by atoms with Crippen LogP contribution < -0.4 is 10.6 Å². The zero-order valence-corrected chi connectivity index (χ0v) is 20.1. The van der Waals surface area contributed by atoms with Crippen LogP contribution in [0.2, 0.25) is 0 Å². The molecule has 5 rings (SSSR count). The maximum Gasteiger partial charge on any atom is 0.252 e. The average molecular weight is 473 g/mol. The third kappa shape index (κ3) is 4.39. The Labute approximate surface area is 206 Å². The van der Waals surface area contributed by atoms with Crippen molar-refractivity contribution in [1.82, 2.24) is 10.2 Å². The molecular weight excluding hydrogens is 440 g/mol. The van der Waals surface area contributed by atoms with E-state index in [0.717, 1.165) is 43.4 Å². The van der Waals surface area contributed by atoms with Crippen molar-refractivity contribution in [3.63, 3.8) is 0 Å². The molecule has 5 atom stereocenters. The minimum atomic E-state index is -0.279. The molecule has 2 aliphatic heterocycles. The molecule has 2 aromatic rings. The van der Waals surface area contributed by atoms with Crippen molar-refractivity contribution in [2.45, 2.75) is 50.2 Å². The van der Waals surface area contributed by atoms with E-state index in [1.807, 2.05) is 12.1 Å². The maximum atomic E-state index is 14.1. The second-order valence-corrected chi connectivity index (χ2v) is 9.85. The number of rotatable bonds is 5. The number of benzene rings is 2. The summed E-state index contributed by atoms with van der Waals surface area (Å²) in [6.07, 6.45) is 4.40. The van der Waals surface area contributed by atoms with Crippen LogP contribution in [-0.2, 0) is 9.53 Å². The molecule has 2 N–H and O–H groups in total. The van der Waals surface area contributed by atoms with E-state index < -0.39 is 0 Å². The second-order valence-electron chi connectivity index (χ2n) is 9.85. The van der Waals surface area contributed by atoms with Crippen LogP contribution in [-0.4, -0.2) is 49.1 Å². The fourth-order valence-electron chi connectivity index (χ4n) is 6.26. The predicted octanol–water partition coefficient (Wildman–Crippen LogP) is 3.88. The maximum absolute atomic E-state index is 14.1. The fraction of sp³-hybridized carbons (Fsp3) is 0.464. The van der Waals surface area contributed by atoms with E-state index in [9.17, 15) is 14.9 Å². The minimum Gasteiger partial charge on any atom is -0.383 e. The molecule has 2 fully saturated rings. The summed E-state index contributed by atoms with van der Waals surface area (Å²) in [5.74, 6) is -0.126. The molecule has 0 radical (unpaired) electrons. The number of para-hydroxylation sites is 1. The highest BCUT2D eigenvalue weighted by Gasteiger charge is 2.48. The summed E-state index contributed by atoms with van der Waals surface area (Å²) in [5, 5.41) is 16.1. The molecule has 0 aromatic heterocycles. The molecule has 2 aromatic carbocycles. The first kappa shape index (κ1) is 23.4. The number of likely N-dealkylation sites (tertiary alicyclic amines) is 1. The summed E-state index contributed by atoms with van der Waals surface area (Å²) in [5.41, 5.74) is 2.94. The first-order valence-electron chi connectivity index (χ1n) is 12.6. The highest BCUT2D eigenvalue weighted by molar-refractivity contribution is 5.97. The van der Waals surface area contributed by atoms with Gasteiger partial charge in [0, 0.05) is 31.3 Å². The molecule has 2 heterocycles. The smallest absolute Gasteiger partial charge is 0.252 e. The van der Waals surface area contributed by atoms with E-state index in [1.54, 1.807) is 31.4 Å². The van der Waals surface area contributed by atoms with Gasteiger partial charge in [-0.05, 0) is 43.0 Å². The number of nitrogens with one attached hydrogen (secondary N) is 2. The number of nitriles is 1. The van der Waals surface area contributed by atoms with Crippen molar-refractivity contribution in [3.8, 4) is 6.07 Å². The first-order chi connectivity index (χ1) is 17.1. The molecule has 1 saturated carbocycles. The van der Waals surface area contributed by atoms with E-state index in [4.69, 9.17) is 4.74 Å². The van der Waals surface area contributed by atoms with Gasteiger partial charge in [-0.3, -0.25) is 9.59 Å². The lowest BCUT2D eigenvalue weighted by Gasteiger charge is -2.41. The summed E-state index contributed by atoms with van der Waals surface area (Å²) in [6.45, 7) is 1.30. The van der Waals surface area contributed by atoms with Gasteiger partial charge in [-0.15, -0.1) is 0 Å². The van der Waals surface area contributed by atoms with E-state index in [0.29, 0.717) is 24.3 Å². The number of methoxy groups -OCH3 is 1. The number of hydrogen-bond acceptors (Lipinski definition) is 5. The Balaban J connectivity index is 1.39. The van der Waals surface area contributed by atoms with Gasteiger partial charge >= 0.3 is 0 Å². The Morgan fingerprint density at radius 3 is 2.71 bits per heavy atom. The molecule has 0 bridgehead atoms. The summed E-state index contributed by atoms with van der Waals surface area (Å²) >= 11 is 0. The highest BCUT2D eigenvalue weighted by atomic mass is 16.5. The van der Waals surface area contributed by atoms with Gasteiger partial charge in [-0.1, -0.05) is 43.2 Å². The first-order valence-corrected chi connectivity index (χ1v) is 12.6. The molecule has 2 amide bonds. The normalized spacial score (nSPS) is 27.2. The summed E-state index contributed by atoms with van der Waals surface area (Å²) in [7, 11) is 1.72. The Bertz CT molecular complexity index is 1140. The third-order valence-corrected chi connectivity index (χ3v) is 7.90. The lowest BCUT2D eigenvalue weighted by Crippen LogP contribution is -2.50. The second kappa shape index (κ2) is 10.1. The van der Waals surface area contributed by atoms with Crippen LogP contribution in [0.25, 0.3) is 0 Å². The Kier molecular flexibility index (Phi) is 6.74. The minimum absolute atomic E-state index is 0.0118. The number of nitrogens with zero attached hydrogens (tertiary/aromatic N) is 2.